The zero-order valence-electron chi connectivity index (χ0n) is 11.4. The molecule has 6 heteroatoms. The van der Waals surface area contributed by atoms with Crippen molar-refractivity contribution >= 4 is 23.5 Å². The van der Waals surface area contributed by atoms with E-state index in [0.29, 0.717) is 18.0 Å². The first-order chi connectivity index (χ1) is 9.12. The molecular weight excluding hydrogens is 264 g/mol. The summed E-state index contributed by atoms with van der Waals surface area (Å²) >= 11 is 1.60. The van der Waals surface area contributed by atoms with E-state index in [1.807, 2.05) is 13.2 Å². The van der Waals surface area contributed by atoms with E-state index in [-0.39, 0.29) is 23.9 Å². The Kier molecular flexibility index (Phi) is 6.66. The number of hydrogen-bond acceptors (Lipinski definition) is 6. The molecule has 2 atom stereocenters. The molecular formula is C13H20N2O3S. The van der Waals surface area contributed by atoms with Gasteiger partial charge in [0.15, 0.2) is 0 Å². The third-order valence-corrected chi connectivity index (χ3v) is 3.85. The van der Waals surface area contributed by atoms with Gasteiger partial charge in [-0.05, 0) is 32.2 Å². The van der Waals surface area contributed by atoms with Crippen LogP contribution in [-0.4, -0.2) is 46.8 Å². The fraction of sp³-hybridized carbons (Fsp3) is 0.538. The van der Waals surface area contributed by atoms with Crippen molar-refractivity contribution in [2.24, 2.45) is 0 Å². The lowest BCUT2D eigenvalue weighted by Gasteiger charge is -2.21. The molecule has 0 aliphatic carbocycles. The molecule has 0 bridgehead atoms. The van der Waals surface area contributed by atoms with Gasteiger partial charge < -0.3 is 15.2 Å². The molecule has 0 spiro atoms. The van der Waals surface area contributed by atoms with Crippen LogP contribution in [0.25, 0.3) is 0 Å². The summed E-state index contributed by atoms with van der Waals surface area (Å²) in [5.74, 6) is 0.306. The number of nitrogens with one attached hydrogen (secondary N) is 1. The highest BCUT2D eigenvalue weighted by Gasteiger charge is 2.15. The molecule has 0 fully saturated rings. The molecule has 0 aliphatic heterocycles. The van der Waals surface area contributed by atoms with Crippen LogP contribution in [0.1, 0.15) is 24.2 Å². The second kappa shape index (κ2) is 8.01. The first-order valence-corrected chi connectivity index (χ1v) is 7.44. The molecule has 106 valence electrons. The van der Waals surface area contributed by atoms with E-state index in [0.717, 1.165) is 0 Å². The largest absolute Gasteiger partial charge is 0.462 e. The van der Waals surface area contributed by atoms with Gasteiger partial charge in [-0.2, -0.15) is 11.8 Å². The van der Waals surface area contributed by atoms with Crippen LogP contribution in [0.5, 0.6) is 0 Å². The molecule has 0 aliphatic rings. The van der Waals surface area contributed by atoms with Crippen LogP contribution in [0.15, 0.2) is 18.3 Å². The Labute approximate surface area is 117 Å². The Morgan fingerprint density at radius 1 is 1.58 bits per heavy atom. The maximum atomic E-state index is 11.5. The predicted octanol–water partition coefficient (Wildman–Crippen LogP) is 1.78. The minimum absolute atomic E-state index is 0.0842. The van der Waals surface area contributed by atoms with Gasteiger partial charge in [-0.25, -0.2) is 9.78 Å². The number of carbonyl (C=O) groups is 1. The zero-order valence-corrected chi connectivity index (χ0v) is 12.2. The maximum absolute atomic E-state index is 11.5. The molecule has 1 heterocycles. The Morgan fingerprint density at radius 2 is 2.32 bits per heavy atom. The summed E-state index contributed by atoms with van der Waals surface area (Å²) in [5, 5.41) is 12.5. The number of rotatable bonds is 7. The third-order valence-electron chi connectivity index (χ3n) is 2.69. The maximum Gasteiger partial charge on any atom is 0.339 e. The first kappa shape index (κ1) is 15.8. The number of aromatic nitrogens is 1. The summed E-state index contributed by atoms with van der Waals surface area (Å²) in [6, 6.07) is 3.49. The molecule has 1 aromatic heterocycles. The van der Waals surface area contributed by atoms with Crippen LogP contribution in [0.2, 0.25) is 0 Å². The Bertz CT molecular complexity index is 393. The smallest absolute Gasteiger partial charge is 0.339 e. The van der Waals surface area contributed by atoms with Crippen molar-refractivity contribution in [3.05, 3.63) is 23.9 Å². The number of hydrogen-bond donors (Lipinski definition) is 2. The fourth-order valence-electron chi connectivity index (χ4n) is 1.58. The predicted molar refractivity (Wildman–Crippen MR) is 77.7 cm³/mol. The van der Waals surface area contributed by atoms with Crippen LogP contribution in [0, 0.1) is 0 Å². The Morgan fingerprint density at radius 3 is 2.79 bits per heavy atom. The molecule has 0 radical (unpaired) electrons. The van der Waals surface area contributed by atoms with Crippen LogP contribution < -0.4 is 5.32 Å². The highest BCUT2D eigenvalue weighted by atomic mass is 32.2. The summed E-state index contributed by atoms with van der Waals surface area (Å²) < 4.78 is 4.89. The van der Waals surface area contributed by atoms with Gasteiger partial charge in [-0.3, -0.25) is 0 Å². The quantitative estimate of drug-likeness (QED) is 0.744. The number of thioether (sulfide) groups is 1. The lowest BCUT2D eigenvalue weighted by molar-refractivity contribution is 0.0526. The highest BCUT2D eigenvalue weighted by molar-refractivity contribution is 7.99. The van der Waals surface area contributed by atoms with Crippen LogP contribution in [0.3, 0.4) is 0 Å². The summed E-state index contributed by atoms with van der Waals surface area (Å²) in [6.45, 7) is 4.21. The second-order valence-corrected chi connectivity index (χ2v) is 5.12. The number of pyridine rings is 1. The van der Waals surface area contributed by atoms with Gasteiger partial charge in [0.05, 0.1) is 18.8 Å². The second-order valence-electron chi connectivity index (χ2n) is 4.04. The lowest BCUT2D eigenvalue weighted by atomic mass is 10.2. The number of nitrogens with zero attached hydrogens (tertiary/aromatic N) is 1. The molecule has 1 rings (SSSR count). The number of ether oxygens (including phenoxy) is 1. The average molecular weight is 284 g/mol. The average Bonchev–Trinajstić information content (AvgIpc) is 2.41. The van der Waals surface area contributed by atoms with Gasteiger partial charge in [0.2, 0.25) is 0 Å². The minimum Gasteiger partial charge on any atom is -0.462 e. The van der Waals surface area contributed by atoms with Crippen molar-refractivity contribution in [1.29, 1.82) is 0 Å². The summed E-state index contributed by atoms with van der Waals surface area (Å²) in [7, 11) is 0. The van der Waals surface area contributed by atoms with Crippen molar-refractivity contribution in [2.45, 2.75) is 25.1 Å². The van der Waals surface area contributed by atoms with E-state index in [2.05, 4.69) is 10.3 Å². The summed E-state index contributed by atoms with van der Waals surface area (Å²) in [4.78, 5) is 15.6. The van der Waals surface area contributed by atoms with E-state index >= 15 is 0 Å². The van der Waals surface area contributed by atoms with Gasteiger partial charge in [-0.1, -0.05) is 0 Å². The number of carbonyl (C=O) groups excluding carboxylic acids is 1. The van der Waals surface area contributed by atoms with E-state index < -0.39 is 0 Å². The number of aliphatic hydroxyl groups excluding tert-OH is 1. The third kappa shape index (κ3) is 4.72. The van der Waals surface area contributed by atoms with E-state index in [4.69, 9.17) is 4.74 Å². The van der Waals surface area contributed by atoms with Crippen molar-refractivity contribution in [1.82, 2.24) is 4.98 Å². The molecule has 1 aromatic rings. The van der Waals surface area contributed by atoms with Crippen LogP contribution in [0.4, 0.5) is 5.82 Å². The standard InChI is InChI=1S/C13H20N2O3S/c1-4-18-13(17)10-5-6-12(14-7-10)15-9(2)11(8-16)19-3/h5-7,9,11,16H,4,8H2,1-3H3,(H,14,15). The molecule has 5 nitrogen and oxygen atoms in total. The topological polar surface area (TPSA) is 71.5 Å². The normalized spacial score (nSPS) is 13.7. The van der Waals surface area contributed by atoms with E-state index in [1.165, 1.54) is 6.20 Å². The molecule has 0 saturated carbocycles. The minimum atomic E-state index is -0.369. The van der Waals surface area contributed by atoms with Crippen molar-refractivity contribution in [3.63, 3.8) is 0 Å². The Balaban J connectivity index is 2.64. The van der Waals surface area contributed by atoms with E-state index in [9.17, 15) is 9.90 Å². The van der Waals surface area contributed by atoms with Crippen molar-refractivity contribution in [3.8, 4) is 0 Å². The fourth-order valence-corrected chi connectivity index (χ4v) is 2.20. The van der Waals surface area contributed by atoms with Gasteiger partial charge in [0.1, 0.15) is 5.82 Å². The van der Waals surface area contributed by atoms with Crippen molar-refractivity contribution in [2.75, 3.05) is 24.8 Å². The molecule has 0 amide bonds. The van der Waals surface area contributed by atoms with Gasteiger partial charge in [0.25, 0.3) is 0 Å². The molecule has 2 unspecified atom stereocenters. The molecule has 0 aromatic carbocycles. The lowest BCUT2D eigenvalue weighted by Crippen LogP contribution is -2.31. The SMILES string of the molecule is CCOC(=O)c1ccc(NC(C)C(CO)SC)nc1. The first-order valence-electron chi connectivity index (χ1n) is 6.15. The Hall–Kier alpha value is -1.27. The number of anilines is 1. The summed E-state index contributed by atoms with van der Waals surface area (Å²) in [5.41, 5.74) is 0.434. The van der Waals surface area contributed by atoms with Gasteiger partial charge in [-0.15, -0.1) is 0 Å². The van der Waals surface area contributed by atoms with Crippen LogP contribution in [-0.2, 0) is 4.74 Å². The van der Waals surface area contributed by atoms with E-state index in [1.54, 1.807) is 30.8 Å². The summed E-state index contributed by atoms with van der Waals surface area (Å²) in [6.07, 6.45) is 3.44. The monoisotopic (exact) mass is 284 g/mol. The van der Waals surface area contributed by atoms with Gasteiger partial charge in [0, 0.05) is 17.5 Å². The number of esters is 1. The van der Waals surface area contributed by atoms with Crippen molar-refractivity contribution < 1.29 is 14.6 Å². The molecule has 0 saturated heterocycles. The van der Waals surface area contributed by atoms with Gasteiger partial charge >= 0.3 is 5.97 Å². The number of aliphatic hydroxyl groups is 1. The molecule has 2 N–H and O–H groups in total. The highest BCUT2D eigenvalue weighted by Crippen LogP contribution is 2.15. The zero-order chi connectivity index (χ0) is 14.3. The van der Waals surface area contributed by atoms with Crippen LogP contribution >= 0.6 is 11.8 Å². The molecule has 19 heavy (non-hydrogen) atoms.